The second-order valence-corrected chi connectivity index (χ2v) is 6.16. The fraction of sp³-hybridized carbons (Fsp3) is 0.300. The number of rotatable bonds is 8. The third kappa shape index (κ3) is 5.07. The van der Waals surface area contributed by atoms with Gasteiger partial charge >= 0.3 is 0 Å². The van der Waals surface area contributed by atoms with E-state index in [-0.39, 0.29) is 17.7 Å². The number of nitrogens with one attached hydrogen (secondary N) is 2. The molecular formula is C20H22N2O4. The van der Waals surface area contributed by atoms with Crippen LogP contribution in [0, 0.1) is 5.92 Å². The third-order valence-electron chi connectivity index (χ3n) is 4.03. The fourth-order valence-corrected chi connectivity index (χ4v) is 2.38. The largest absolute Gasteiger partial charge is 0.491 e. The van der Waals surface area contributed by atoms with E-state index in [4.69, 9.17) is 9.47 Å². The zero-order chi connectivity index (χ0) is 18.4. The van der Waals surface area contributed by atoms with Crippen molar-refractivity contribution in [3.05, 3.63) is 54.1 Å². The minimum atomic E-state index is -0.210. The summed E-state index contributed by atoms with van der Waals surface area (Å²) in [6.07, 6.45) is 1.92. The molecule has 1 fully saturated rings. The second kappa shape index (κ2) is 8.49. The molecule has 0 bridgehead atoms. The molecule has 0 aliphatic heterocycles. The summed E-state index contributed by atoms with van der Waals surface area (Å²) in [6.45, 7) is 1.00. The lowest BCUT2D eigenvalue weighted by molar-refractivity contribution is -0.117. The second-order valence-electron chi connectivity index (χ2n) is 6.16. The van der Waals surface area contributed by atoms with Crippen LogP contribution in [-0.4, -0.2) is 32.1 Å². The van der Waals surface area contributed by atoms with Gasteiger partial charge in [-0.15, -0.1) is 0 Å². The van der Waals surface area contributed by atoms with Gasteiger partial charge in [0, 0.05) is 30.0 Å². The molecule has 2 aromatic rings. The molecule has 26 heavy (non-hydrogen) atoms. The van der Waals surface area contributed by atoms with Crippen LogP contribution in [0.1, 0.15) is 23.2 Å². The van der Waals surface area contributed by atoms with E-state index in [9.17, 15) is 9.59 Å². The molecular weight excluding hydrogens is 332 g/mol. The van der Waals surface area contributed by atoms with Crippen LogP contribution in [0.25, 0.3) is 0 Å². The molecule has 0 radical (unpaired) electrons. The number of hydrogen-bond acceptors (Lipinski definition) is 4. The van der Waals surface area contributed by atoms with Gasteiger partial charge < -0.3 is 20.1 Å². The first-order valence-electron chi connectivity index (χ1n) is 8.60. The summed E-state index contributed by atoms with van der Waals surface area (Å²) >= 11 is 0. The van der Waals surface area contributed by atoms with Crippen molar-refractivity contribution in [3.8, 4) is 5.75 Å². The molecule has 1 aliphatic carbocycles. The van der Waals surface area contributed by atoms with Crippen molar-refractivity contribution in [1.82, 2.24) is 0 Å². The van der Waals surface area contributed by atoms with Crippen molar-refractivity contribution in [2.45, 2.75) is 12.8 Å². The van der Waals surface area contributed by atoms with Crippen LogP contribution in [0.4, 0.5) is 11.4 Å². The number of methoxy groups -OCH3 is 1. The molecule has 136 valence electrons. The molecule has 0 saturated heterocycles. The molecule has 2 aromatic carbocycles. The molecule has 1 saturated carbocycles. The first kappa shape index (κ1) is 17.9. The Morgan fingerprint density at radius 3 is 2.15 bits per heavy atom. The van der Waals surface area contributed by atoms with Gasteiger partial charge in [0.25, 0.3) is 5.91 Å². The molecule has 1 aliphatic rings. The maximum absolute atomic E-state index is 12.3. The highest BCUT2D eigenvalue weighted by Crippen LogP contribution is 2.30. The van der Waals surface area contributed by atoms with Gasteiger partial charge in [0.15, 0.2) is 0 Å². The lowest BCUT2D eigenvalue weighted by atomic mass is 10.2. The molecule has 0 heterocycles. The zero-order valence-corrected chi connectivity index (χ0v) is 14.7. The zero-order valence-electron chi connectivity index (χ0n) is 14.7. The van der Waals surface area contributed by atoms with Gasteiger partial charge in [-0.1, -0.05) is 0 Å². The number of ether oxygens (including phenoxy) is 2. The normalized spacial score (nSPS) is 13.1. The molecule has 0 atom stereocenters. The Labute approximate surface area is 152 Å². The van der Waals surface area contributed by atoms with Crippen LogP contribution < -0.4 is 15.4 Å². The van der Waals surface area contributed by atoms with Gasteiger partial charge in [-0.3, -0.25) is 9.59 Å². The Morgan fingerprint density at radius 2 is 1.54 bits per heavy atom. The monoisotopic (exact) mass is 354 g/mol. The lowest BCUT2D eigenvalue weighted by Crippen LogP contribution is -2.14. The molecule has 6 nitrogen and oxygen atoms in total. The summed E-state index contributed by atoms with van der Waals surface area (Å²) in [7, 11) is 1.62. The maximum Gasteiger partial charge on any atom is 0.255 e. The van der Waals surface area contributed by atoms with E-state index in [0.717, 1.165) is 18.6 Å². The van der Waals surface area contributed by atoms with Crippen molar-refractivity contribution in [2.24, 2.45) is 5.92 Å². The number of amides is 2. The highest BCUT2D eigenvalue weighted by Gasteiger charge is 2.29. The minimum absolute atomic E-state index is 0.0509. The standard InChI is InChI=1S/C20H22N2O4/c1-25-12-13-26-18-10-8-17(9-11-18)22-20(24)15-4-6-16(7-5-15)21-19(23)14-2-3-14/h4-11,14H,2-3,12-13H2,1H3,(H,21,23)(H,22,24). The van der Waals surface area contributed by atoms with Crippen LogP contribution in [0.15, 0.2) is 48.5 Å². The van der Waals surface area contributed by atoms with Crippen molar-refractivity contribution >= 4 is 23.2 Å². The van der Waals surface area contributed by atoms with Crippen molar-refractivity contribution in [2.75, 3.05) is 31.0 Å². The number of hydrogen-bond donors (Lipinski definition) is 2. The predicted molar refractivity (Wildman–Crippen MR) is 99.6 cm³/mol. The number of carbonyl (C=O) groups excluding carboxylic acids is 2. The highest BCUT2D eigenvalue weighted by atomic mass is 16.5. The topological polar surface area (TPSA) is 76.7 Å². The number of benzene rings is 2. The Kier molecular flexibility index (Phi) is 5.86. The van der Waals surface area contributed by atoms with Gasteiger partial charge in [-0.2, -0.15) is 0 Å². The molecule has 0 unspecified atom stereocenters. The molecule has 6 heteroatoms. The Morgan fingerprint density at radius 1 is 0.923 bits per heavy atom. The first-order valence-corrected chi connectivity index (χ1v) is 8.60. The number of carbonyl (C=O) groups is 2. The van der Waals surface area contributed by atoms with E-state index in [1.807, 2.05) is 0 Å². The fourth-order valence-electron chi connectivity index (χ4n) is 2.38. The molecule has 3 rings (SSSR count). The third-order valence-corrected chi connectivity index (χ3v) is 4.03. The molecule has 0 spiro atoms. The lowest BCUT2D eigenvalue weighted by Gasteiger charge is -2.09. The summed E-state index contributed by atoms with van der Waals surface area (Å²) in [5, 5.41) is 5.69. The number of anilines is 2. The molecule has 2 N–H and O–H groups in total. The average Bonchev–Trinajstić information content (AvgIpc) is 3.49. The molecule has 2 amide bonds. The van der Waals surface area contributed by atoms with Crippen LogP contribution >= 0.6 is 0 Å². The Bertz CT molecular complexity index is 752. The summed E-state index contributed by atoms with van der Waals surface area (Å²) < 4.78 is 10.4. The van der Waals surface area contributed by atoms with Gasteiger partial charge in [-0.25, -0.2) is 0 Å². The van der Waals surface area contributed by atoms with Gasteiger partial charge in [-0.05, 0) is 61.4 Å². The quantitative estimate of drug-likeness (QED) is 0.713. The summed E-state index contributed by atoms with van der Waals surface area (Å²) in [6, 6.07) is 14.0. The first-order chi connectivity index (χ1) is 12.7. The van der Waals surface area contributed by atoms with Crippen LogP contribution in [0.3, 0.4) is 0 Å². The van der Waals surface area contributed by atoms with Crippen LogP contribution in [0.5, 0.6) is 5.75 Å². The van der Waals surface area contributed by atoms with Crippen molar-refractivity contribution in [3.63, 3.8) is 0 Å². The van der Waals surface area contributed by atoms with E-state index >= 15 is 0 Å². The SMILES string of the molecule is COCCOc1ccc(NC(=O)c2ccc(NC(=O)C3CC3)cc2)cc1. The summed E-state index contributed by atoms with van der Waals surface area (Å²) in [5.74, 6) is 0.711. The van der Waals surface area contributed by atoms with Crippen LogP contribution in [-0.2, 0) is 9.53 Å². The Hall–Kier alpha value is -2.86. The maximum atomic E-state index is 12.3. The van der Waals surface area contributed by atoms with Gasteiger partial charge in [0.1, 0.15) is 12.4 Å². The van der Waals surface area contributed by atoms with Gasteiger partial charge in [0.2, 0.25) is 5.91 Å². The predicted octanol–water partition coefficient (Wildman–Crippen LogP) is 3.31. The van der Waals surface area contributed by atoms with Crippen molar-refractivity contribution < 1.29 is 19.1 Å². The minimum Gasteiger partial charge on any atom is -0.491 e. The van der Waals surface area contributed by atoms with E-state index in [2.05, 4.69) is 10.6 Å². The average molecular weight is 354 g/mol. The summed E-state index contributed by atoms with van der Waals surface area (Å²) in [5.41, 5.74) is 1.91. The van der Waals surface area contributed by atoms with Crippen LogP contribution in [0.2, 0.25) is 0 Å². The van der Waals surface area contributed by atoms with E-state index in [1.54, 1.807) is 55.6 Å². The van der Waals surface area contributed by atoms with E-state index in [1.165, 1.54) is 0 Å². The Balaban J connectivity index is 1.53. The van der Waals surface area contributed by atoms with E-state index < -0.39 is 0 Å². The molecule has 0 aromatic heterocycles. The van der Waals surface area contributed by atoms with Gasteiger partial charge in [0.05, 0.1) is 6.61 Å². The summed E-state index contributed by atoms with van der Waals surface area (Å²) in [4.78, 5) is 24.1. The highest BCUT2D eigenvalue weighted by molar-refractivity contribution is 6.04. The van der Waals surface area contributed by atoms with E-state index in [0.29, 0.717) is 30.2 Å². The van der Waals surface area contributed by atoms with Crippen molar-refractivity contribution in [1.29, 1.82) is 0 Å². The smallest absolute Gasteiger partial charge is 0.255 e.